The van der Waals surface area contributed by atoms with Gasteiger partial charge in [0.2, 0.25) is 5.95 Å². The van der Waals surface area contributed by atoms with Crippen LogP contribution in [0, 0.1) is 5.82 Å². The first kappa shape index (κ1) is 19.3. The Balaban J connectivity index is 1.55. The fourth-order valence-corrected chi connectivity index (χ4v) is 2.98. The molecule has 30 heavy (non-hydrogen) atoms. The second-order valence-corrected chi connectivity index (χ2v) is 6.64. The van der Waals surface area contributed by atoms with E-state index in [2.05, 4.69) is 15.3 Å². The standard InChI is InChI=1S/C24H19FN4O/c25-20-11-13-21(14-12-20)28-24-26-15-19(16-27-24)23(30)29(22-9-5-2-6-10-22)17-18-7-3-1-4-8-18/h1-16H,17H2,(H,26,27,28). The number of benzene rings is 3. The first-order chi connectivity index (χ1) is 14.7. The number of hydrogen-bond acceptors (Lipinski definition) is 4. The molecule has 4 rings (SSSR count). The molecule has 0 atom stereocenters. The van der Waals surface area contributed by atoms with Gasteiger partial charge < -0.3 is 10.2 Å². The van der Waals surface area contributed by atoms with Crippen LogP contribution in [0.1, 0.15) is 15.9 Å². The molecule has 0 aliphatic rings. The highest BCUT2D eigenvalue weighted by atomic mass is 19.1. The molecule has 1 heterocycles. The van der Waals surface area contributed by atoms with Crippen LogP contribution in [-0.2, 0) is 6.54 Å². The van der Waals surface area contributed by atoms with Gasteiger partial charge in [0.1, 0.15) is 5.82 Å². The van der Waals surface area contributed by atoms with E-state index in [1.807, 2.05) is 60.7 Å². The van der Waals surface area contributed by atoms with Crippen LogP contribution in [0.3, 0.4) is 0 Å². The van der Waals surface area contributed by atoms with Crippen molar-refractivity contribution in [2.24, 2.45) is 0 Å². The molecule has 0 aliphatic heterocycles. The quantitative estimate of drug-likeness (QED) is 0.485. The second kappa shape index (κ2) is 8.96. The summed E-state index contributed by atoms with van der Waals surface area (Å²) in [6.07, 6.45) is 2.98. The molecule has 1 aromatic heterocycles. The van der Waals surface area contributed by atoms with Crippen molar-refractivity contribution in [3.05, 3.63) is 114 Å². The van der Waals surface area contributed by atoms with Gasteiger partial charge in [-0.15, -0.1) is 0 Å². The summed E-state index contributed by atoms with van der Waals surface area (Å²) in [5, 5.41) is 2.98. The number of halogens is 1. The molecule has 5 nitrogen and oxygen atoms in total. The van der Waals surface area contributed by atoms with Crippen molar-refractivity contribution in [3.8, 4) is 0 Å². The maximum Gasteiger partial charge on any atom is 0.261 e. The number of nitrogens with zero attached hydrogens (tertiary/aromatic N) is 3. The van der Waals surface area contributed by atoms with E-state index >= 15 is 0 Å². The summed E-state index contributed by atoms with van der Waals surface area (Å²) >= 11 is 0. The molecule has 0 saturated carbocycles. The van der Waals surface area contributed by atoms with Crippen molar-refractivity contribution in [1.29, 1.82) is 0 Å². The highest BCUT2D eigenvalue weighted by molar-refractivity contribution is 6.05. The maximum atomic E-state index is 13.2. The zero-order valence-corrected chi connectivity index (χ0v) is 16.1. The summed E-state index contributed by atoms with van der Waals surface area (Å²) in [6.45, 7) is 0.430. The van der Waals surface area contributed by atoms with E-state index in [4.69, 9.17) is 0 Å². The summed E-state index contributed by atoms with van der Waals surface area (Å²) in [4.78, 5) is 23.4. The van der Waals surface area contributed by atoms with Gasteiger partial charge in [-0.3, -0.25) is 4.79 Å². The number of anilines is 3. The molecule has 4 aromatic rings. The third-order valence-electron chi connectivity index (χ3n) is 4.50. The smallest absolute Gasteiger partial charge is 0.261 e. The summed E-state index contributed by atoms with van der Waals surface area (Å²) < 4.78 is 13.0. The lowest BCUT2D eigenvalue weighted by Crippen LogP contribution is -2.30. The Morgan fingerprint density at radius 3 is 2.07 bits per heavy atom. The topological polar surface area (TPSA) is 58.1 Å². The molecule has 0 spiro atoms. The Labute approximate surface area is 173 Å². The molecular weight excluding hydrogens is 379 g/mol. The van der Waals surface area contributed by atoms with Crippen LogP contribution in [0.2, 0.25) is 0 Å². The first-order valence-electron chi connectivity index (χ1n) is 9.44. The van der Waals surface area contributed by atoms with Crippen LogP contribution >= 0.6 is 0 Å². The molecule has 1 N–H and O–H groups in total. The van der Waals surface area contributed by atoms with Crippen LogP contribution in [0.4, 0.5) is 21.7 Å². The Kier molecular flexibility index (Phi) is 5.75. The van der Waals surface area contributed by atoms with Crippen LogP contribution in [0.5, 0.6) is 0 Å². The average Bonchev–Trinajstić information content (AvgIpc) is 2.80. The minimum Gasteiger partial charge on any atom is -0.324 e. The van der Waals surface area contributed by atoms with Gasteiger partial charge in [-0.1, -0.05) is 48.5 Å². The molecule has 0 fully saturated rings. The molecular formula is C24H19FN4O. The van der Waals surface area contributed by atoms with E-state index in [0.717, 1.165) is 11.3 Å². The summed E-state index contributed by atoms with van der Waals surface area (Å²) in [5.74, 6) is -0.187. The second-order valence-electron chi connectivity index (χ2n) is 6.64. The number of aromatic nitrogens is 2. The highest BCUT2D eigenvalue weighted by Gasteiger charge is 2.19. The van der Waals surface area contributed by atoms with Crippen molar-refractivity contribution < 1.29 is 9.18 Å². The number of para-hydroxylation sites is 1. The molecule has 0 aliphatic carbocycles. The van der Waals surface area contributed by atoms with Crippen molar-refractivity contribution in [1.82, 2.24) is 9.97 Å². The largest absolute Gasteiger partial charge is 0.324 e. The number of rotatable bonds is 6. The predicted octanol–water partition coefficient (Wildman–Crippen LogP) is 5.21. The first-order valence-corrected chi connectivity index (χ1v) is 9.44. The Hall–Kier alpha value is -4.06. The normalized spacial score (nSPS) is 10.4. The predicted molar refractivity (Wildman–Crippen MR) is 115 cm³/mol. The van der Waals surface area contributed by atoms with Gasteiger partial charge >= 0.3 is 0 Å². The van der Waals surface area contributed by atoms with Gasteiger partial charge in [-0.2, -0.15) is 0 Å². The SMILES string of the molecule is O=C(c1cnc(Nc2ccc(F)cc2)nc1)N(Cc1ccccc1)c1ccccc1. The van der Waals surface area contributed by atoms with E-state index < -0.39 is 0 Å². The van der Waals surface area contributed by atoms with Crippen LogP contribution < -0.4 is 10.2 Å². The van der Waals surface area contributed by atoms with E-state index in [9.17, 15) is 9.18 Å². The van der Waals surface area contributed by atoms with Crippen LogP contribution in [0.15, 0.2) is 97.3 Å². The fourth-order valence-electron chi connectivity index (χ4n) is 2.98. The van der Waals surface area contributed by atoms with Crippen molar-refractivity contribution in [3.63, 3.8) is 0 Å². The van der Waals surface area contributed by atoms with E-state index in [-0.39, 0.29) is 11.7 Å². The molecule has 0 saturated heterocycles. The average molecular weight is 398 g/mol. The lowest BCUT2D eigenvalue weighted by molar-refractivity contribution is 0.0984. The molecule has 148 valence electrons. The number of amides is 1. The van der Waals surface area contributed by atoms with Gasteiger partial charge in [0.15, 0.2) is 0 Å². The minimum atomic E-state index is -0.318. The van der Waals surface area contributed by atoms with E-state index in [1.54, 1.807) is 17.0 Å². The van der Waals surface area contributed by atoms with Gasteiger partial charge in [-0.25, -0.2) is 14.4 Å². The van der Waals surface area contributed by atoms with Gasteiger partial charge in [0, 0.05) is 23.8 Å². The monoisotopic (exact) mass is 398 g/mol. The number of hydrogen-bond donors (Lipinski definition) is 1. The summed E-state index contributed by atoms with van der Waals surface area (Å²) in [6, 6.07) is 25.2. The maximum absolute atomic E-state index is 13.2. The molecule has 0 radical (unpaired) electrons. The molecule has 3 aromatic carbocycles. The highest BCUT2D eigenvalue weighted by Crippen LogP contribution is 2.20. The van der Waals surface area contributed by atoms with Crippen LogP contribution in [-0.4, -0.2) is 15.9 Å². The van der Waals surface area contributed by atoms with Crippen molar-refractivity contribution >= 4 is 23.2 Å². The third kappa shape index (κ3) is 4.67. The zero-order chi connectivity index (χ0) is 20.8. The Morgan fingerprint density at radius 2 is 1.43 bits per heavy atom. The third-order valence-corrected chi connectivity index (χ3v) is 4.50. The Morgan fingerprint density at radius 1 is 0.833 bits per heavy atom. The molecule has 0 bridgehead atoms. The summed E-state index contributed by atoms with van der Waals surface area (Å²) in [5.41, 5.74) is 2.84. The zero-order valence-electron chi connectivity index (χ0n) is 16.1. The van der Waals surface area contributed by atoms with E-state index in [0.29, 0.717) is 23.7 Å². The lowest BCUT2D eigenvalue weighted by Gasteiger charge is -2.23. The van der Waals surface area contributed by atoms with Crippen molar-refractivity contribution in [2.45, 2.75) is 6.54 Å². The summed E-state index contributed by atoms with van der Waals surface area (Å²) in [7, 11) is 0. The Bertz CT molecular complexity index is 1100. The lowest BCUT2D eigenvalue weighted by atomic mass is 10.1. The number of carbonyl (C=O) groups excluding carboxylic acids is 1. The van der Waals surface area contributed by atoms with Gasteiger partial charge in [0.25, 0.3) is 5.91 Å². The molecule has 0 unspecified atom stereocenters. The fraction of sp³-hybridized carbons (Fsp3) is 0.0417. The minimum absolute atomic E-state index is 0.196. The van der Waals surface area contributed by atoms with E-state index in [1.165, 1.54) is 24.5 Å². The molecule has 6 heteroatoms. The number of nitrogens with one attached hydrogen (secondary N) is 1. The molecule has 1 amide bonds. The van der Waals surface area contributed by atoms with Gasteiger partial charge in [0.05, 0.1) is 12.1 Å². The van der Waals surface area contributed by atoms with Crippen molar-refractivity contribution in [2.75, 3.05) is 10.2 Å². The van der Waals surface area contributed by atoms with Gasteiger partial charge in [-0.05, 0) is 42.0 Å². The van der Waals surface area contributed by atoms with Crippen LogP contribution in [0.25, 0.3) is 0 Å². The number of carbonyl (C=O) groups is 1.